The summed E-state index contributed by atoms with van der Waals surface area (Å²) in [5.41, 5.74) is 0.804. The summed E-state index contributed by atoms with van der Waals surface area (Å²) in [5, 5.41) is 2.94. The van der Waals surface area contributed by atoms with Crippen LogP contribution in [0, 0.1) is 6.92 Å². The van der Waals surface area contributed by atoms with Crippen molar-refractivity contribution in [2.45, 2.75) is 121 Å². The van der Waals surface area contributed by atoms with Crippen LogP contribution in [0.2, 0.25) is 18.1 Å². The summed E-state index contributed by atoms with van der Waals surface area (Å²) in [6, 6.07) is 25.8. The van der Waals surface area contributed by atoms with Crippen LogP contribution < -0.4 is 26.0 Å². The first-order valence-corrected chi connectivity index (χ1v) is 23.0. The summed E-state index contributed by atoms with van der Waals surface area (Å²) in [5.74, 6) is 1.09. The Morgan fingerprint density at radius 1 is 0.842 bits per heavy atom. The van der Waals surface area contributed by atoms with Gasteiger partial charge < -0.3 is 28.7 Å². The average molecular weight is 798 g/mol. The fourth-order valence-electron chi connectivity index (χ4n) is 7.75. The molecule has 1 saturated heterocycles. The van der Waals surface area contributed by atoms with Crippen LogP contribution in [0.4, 0.5) is 0 Å². The van der Waals surface area contributed by atoms with E-state index in [9.17, 15) is 14.4 Å². The Balaban J connectivity index is 1.39. The van der Waals surface area contributed by atoms with Gasteiger partial charge in [-0.1, -0.05) is 94.6 Å². The zero-order valence-electron chi connectivity index (χ0n) is 34.7. The molecule has 1 N–H and O–H groups in total. The minimum atomic E-state index is -2.38. The lowest BCUT2D eigenvalue weighted by molar-refractivity contribution is -0.122. The maximum Gasteiger partial charge on any atom is 0.333 e. The predicted molar refractivity (Wildman–Crippen MR) is 224 cm³/mol. The number of rotatable bonds is 14. The summed E-state index contributed by atoms with van der Waals surface area (Å²) in [6.07, 6.45) is 5.11. The molecule has 6 rings (SSSR count). The zero-order chi connectivity index (χ0) is 41.0. The van der Waals surface area contributed by atoms with Crippen molar-refractivity contribution in [2.75, 3.05) is 20.8 Å². The number of hydrogen-bond acceptors (Lipinski definition) is 8. The Hall–Kier alpha value is -4.49. The smallest absolute Gasteiger partial charge is 0.333 e. The Morgan fingerprint density at radius 2 is 1.40 bits per heavy atom. The molecule has 3 atom stereocenters. The Labute approximate surface area is 337 Å². The van der Waals surface area contributed by atoms with Crippen molar-refractivity contribution in [3.8, 4) is 11.5 Å². The van der Waals surface area contributed by atoms with Gasteiger partial charge >= 0.3 is 5.69 Å². The first-order chi connectivity index (χ1) is 27.2. The normalized spacial score (nSPS) is 19.3. The minimum Gasteiger partial charge on any atom is -0.497 e. The number of benzene rings is 3. The molecule has 1 aromatic heterocycles. The molecular weight excluding hydrogens is 739 g/mol. The Bertz CT molecular complexity index is 2040. The number of aromatic nitrogens is 2. The van der Waals surface area contributed by atoms with Crippen LogP contribution in [-0.2, 0) is 30.8 Å². The van der Waals surface area contributed by atoms with Crippen molar-refractivity contribution < 1.29 is 28.2 Å². The van der Waals surface area contributed by atoms with Crippen LogP contribution in [-0.4, -0.2) is 62.4 Å². The lowest BCUT2D eigenvalue weighted by Gasteiger charge is -2.40. The molecule has 2 heterocycles. The van der Waals surface area contributed by atoms with E-state index in [4.69, 9.17) is 23.4 Å². The molecule has 1 saturated carbocycles. The molecule has 306 valence electrons. The van der Waals surface area contributed by atoms with Gasteiger partial charge in [0.2, 0.25) is 5.91 Å². The van der Waals surface area contributed by atoms with Crippen molar-refractivity contribution in [2.24, 2.45) is 0 Å². The molecule has 3 aromatic carbocycles. The van der Waals surface area contributed by atoms with Gasteiger partial charge in [-0.25, -0.2) is 4.79 Å². The third-order valence-corrected chi connectivity index (χ3v) is 16.5. The van der Waals surface area contributed by atoms with Gasteiger partial charge in [0, 0.05) is 24.2 Å². The van der Waals surface area contributed by atoms with Crippen LogP contribution in [0.3, 0.4) is 0 Å². The first-order valence-electron chi connectivity index (χ1n) is 20.1. The van der Waals surface area contributed by atoms with Gasteiger partial charge in [0.15, 0.2) is 8.32 Å². The monoisotopic (exact) mass is 797 g/mol. The highest BCUT2D eigenvalue weighted by molar-refractivity contribution is 6.74. The van der Waals surface area contributed by atoms with Gasteiger partial charge in [0.25, 0.3) is 5.56 Å². The van der Waals surface area contributed by atoms with E-state index in [-0.39, 0.29) is 30.1 Å². The molecule has 0 bridgehead atoms. The molecule has 1 aliphatic carbocycles. The Morgan fingerprint density at radius 3 is 1.95 bits per heavy atom. The Kier molecular flexibility index (Phi) is 13.0. The zero-order valence-corrected chi connectivity index (χ0v) is 35.7. The standard InChI is InChI=1S/C45H59N3O8Si/c1-31-28-47(43(51)48(42(31)50)29-40(49)46-35-17-13-10-14-18-35)41-27-38(56-57(7,8)44(2,3)4)39(55-41)30-54-45(32-15-11-9-12-16-32,33-19-23-36(52-5)24-20-33)34-21-25-37(53-6)26-22-34/h9,11-12,15-16,19-26,28,35,38-39,41H,10,13-14,17-18,27,29-30H2,1-8H3,(H,46,49)/t38-,39+,41+/m0/s1. The van der Waals surface area contributed by atoms with Gasteiger partial charge in [0.1, 0.15) is 36.0 Å². The molecule has 2 fully saturated rings. The largest absolute Gasteiger partial charge is 0.497 e. The van der Waals surface area contributed by atoms with E-state index in [1.165, 1.54) is 4.57 Å². The summed E-state index contributed by atoms with van der Waals surface area (Å²) in [4.78, 5) is 40.7. The van der Waals surface area contributed by atoms with Crippen LogP contribution in [0.15, 0.2) is 94.6 Å². The van der Waals surface area contributed by atoms with E-state index in [0.717, 1.165) is 53.4 Å². The number of ether oxygens (including phenoxy) is 4. The van der Waals surface area contributed by atoms with E-state index < -0.39 is 43.6 Å². The molecule has 57 heavy (non-hydrogen) atoms. The summed E-state index contributed by atoms with van der Waals surface area (Å²) in [6.45, 7) is 12.4. The van der Waals surface area contributed by atoms with Gasteiger partial charge in [-0.2, -0.15) is 0 Å². The van der Waals surface area contributed by atoms with E-state index in [1.807, 2.05) is 78.9 Å². The number of carbonyl (C=O) groups excluding carboxylic acids is 1. The van der Waals surface area contributed by atoms with Gasteiger partial charge in [-0.15, -0.1) is 0 Å². The number of nitrogens with zero attached hydrogens (tertiary/aromatic N) is 2. The lowest BCUT2D eigenvalue weighted by atomic mass is 9.80. The van der Waals surface area contributed by atoms with E-state index in [1.54, 1.807) is 27.3 Å². The minimum absolute atomic E-state index is 0.0555. The second-order valence-corrected chi connectivity index (χ2v) is 21.6. The van der Waals surface area contributed by atoms with E-state index in [2.05, 4.69) is 39.2 Å². The molecule has 0 spiro atoms. The molecule has 2 aliphatic rings. The third kappa shape index (κ3) is 9.14. The SMILES string of the molecule is COc1ccc(C(OC[C@H]2O[C@@H](n3cc(C)c(=O)n(CC(=O)NC4CCCCC4)c3=O)C[C@@H]2O[Si](C)(C)C(C)(C)C)(c2ccccc2)c2ccc(OC)cc2)cc1. The second-order valence-electron chi connectivity index (χ2n) is 16.9. The molecule has 11 nitrogen and oxygen atoms in total. The van der Waals surface area contributed by atoms with Crippen molar-refractivity contribution in [1.29, 1.82) is 0 Å². The topological polar surface area (TPSA) is 119 Å². The maximum absolute atomic E-state index is 14.2. The molecule has 1 aliphatic heterocycles. The van der Waals surface area contributed by atoms with E-state index >= 15 is 0 Å². The number of carbonyl (C=O) groups is 1. The second kappa shape index (κ2) is 17.6. The van der Waals surface area contributed by atoms with Crippen molar-refractivity contribution in [3.63, 3.8) is 0 Å². The number of nitrogens with one attached hydrogen (secondary N) is 1. The number of methoxy groups -OCH3 is 2. The van der Waals surface area contributed by atoms with Gasteiger partial charge in [0.05, 0.1) is 26.9 Å². The highest BCUT2D eigenvalue weighted by atomic mass is 28.4. The van der Waals surface area contributed by atoms with Gasteiger partial charge in [-0.05, 0) is 78.9 Å². The molecule has 1 amide bonds. The number of amides is 1. The van der Waals surface area contributed by atoms with Crippen molar-refractivity contribution in [1.82, 2.24) is 14.5 Å². The molecule has 0 unspecified atom stereocenters. The molecule has 0 radical (unpaired) electrons. The van der Waals surface area contributed by atoms with Crippen LogP contribution in [0.5, 0.6) is 11.5 Å². The van der Waals surface area contributed by atoms with Crippen LogP contribution in [0.1, 0.15) is 87.8 Å². The fourth-order valence-corrected chi connectivity index (χ4v) is 9.11. The molecule has 12 heteroatoms. The maximum atomic E-state index is 14.2. The van der Waals surface area contributed by atoms with Crippen molar-refractivity contribution >= 4 is 14.2 Å². The quantitative estimate of drug-likeness (QED) is 0.103. The van der Waals surface area contributed by atoms with Crippen molar-refractivity contribution in [3.05, 3.63) is 128 Å². The summed E-state index contributed by atoms with van der Waals surface area (Å²) in [7, 11) is 0.903. The molecule has 4 aromatic rings. The summed E-state index contributed by atoms with van der Waals surface area (Å²) >= 11 is 0. The highest BCUT2D eigenvalue weighted by Crippen LogP contribution is 2.45. The predicted octanol–water partition coefficient (Wildman–Crippen LogP) is 7.47. The van der Waals surface area contributed by atoms with E-state index in [0.29, 0.717) is 23.5 Å². The van der Waals surface area contributed by atoms with Crippen LogP contribution >= 0.6 is 0 Å². The lowest BCUT2D eigenvalue weighted by Crippen LogP contribution is -2.47. The molecular formula is C45H59N3O8Si. The number of aryl methyl sites for hydroxylation is 1. The first kappa shape index (κ1) is 42.1. The average Bonchev–Trinajstić information content (AvgIpc) is 3.60. The summed E-state index contributed by atoms with van der Waals surface area (Å²) < 4.78 is 34.8. The third-order valence-electron chi connectivity index (χ3n) is 12.0. The number of hydrogen-bond donors (Lipinski definition) is 1. The fraction of sp³-hybridized carbons (Fsp3) is 0.489. The highest BCUT2D eigenvalue weighted by Gasteiger charge is 2.47. The van der Waals surface area contributed by atoms with Crippen LogP contribution in [0.25, 0.3) is 0 Å². The van der Waals surface area contributed by atoms with Gasteiger partial charge in [-0.3, -0.25) is 18.7 Å².